The van der Waals surface area contributed by atoms with Gasteiger partial charge in [0.05, 0.1) is 24.4 Å². The number of fused-ring (bicyclic) bond motifs is 1. The van der Waals surface area contributed by atoms with Gasteiger partial charge in [-0.25, -0.2) is 4.79 Å². The molecule has 0 saturated heterocycles. The van der Waals surface area contributed by atoms with Crippen molar-refractivity contribution in [2.45, 2.75) is 32.7 Å². The van der Waals surface area contributed by atoms with Crippen LogP contribution in [0.4, 0.5) is 0 Å². The van der Waals surface area contributed by atoms with Gasteiger partial charge in [0.2, 0.25) is 0 Å². The van der Waals surface area contributed by atoms with E-state index in [0.29, 0.717) is 18.5 Å². The molecule has 0 amide bonds. The lowest BCUT2D eigenvalue weighted by Crippen LogP contribution is -2.16. The predicted octanol–water partition coefficient (Wildman–Crippen LogP) is 2.63. The number of benzene rings is 1. The second-order valence-electron chi connectivity index (χ2n) is 5.31. The number of esters is 1. The monoisotopic (exact) mass is 298 g/mol. The third-order valence-corrected chi connectivity index (χ3v) is 3.80. The Morgan fingerprint density at radius 1 is 1.27 bits per heavy atom. The summed E-state index contributed by atoms with van der Waals surface area (Å²) in [5, 5.41) is 4.38. The van der Waals surface area contributed by atoms with Crippen molar-refractivity contribution in [3.8, 4) is 0 Å². The Kier molecular flexibility index (Phi) is 4.04. The minimum Gasteiger partial charge on any atom is -0.461 e. The van der Waals surface area contributed by atoms with Crippen LogP contribution in [0.5, 0.6) is 0 Å². The summed E-state index contributed by atoms with van der Waals surface area (Å²) < 4.78 is 6.81. The normalized spacial score (nSPS) is 13.8. The van der Waals surface area contributed by atoms with Crippen LogP contribution in [-0.2, 0) is 17.7 Å². The first-order chi connectivity index (χ1) is 10.7. The molecule has 22 heavy (non-hydrogen) atoms. The highest BCUT2D eigenvalue weighted by Gasteiger charge is 2.30. The zero-order valence-electron chi connectivity index (χ0n) is 12.5. The lowest BCUT2D eigenvalue weighted by Gasteiger charge is -2.13. The SMILES string of the molecule is CCOC(=O)c1nn(Cc2ccccc2)c2c1C(=O)CCC2. The van der Waals surface area contributed by atoms with E-state index in [4.69, 9.17) is 4.74 Å². The van der Waals surface area contributed by atoms with E-state index in [-0.39, 0.29) is 18.1 Å². The first-order valence-electron chi connectivity index (χ1n) is 7.54. The molecule has 0 atom stereocenters. The summed E-state index contributed by atoms with van der Waals surface area (Å²) in [6.45, 7) is 2.57. The van der Waals surface area contributed by atoms with Gasteiger partial charge in [0.1, 0.15) is 0 Å². The van der Waals surface area contributed by atoms with Crippen molar-refractivity contribution in [1.29, 1.82) is 0 Å². The van der Waals surface area contributed by atoms with Crippen LogP contribution in [0.3, 0.4) is 0 Å². The Balaban J connectivity index is 2.02. The van der Waals surface area contributed by atoms with Crippen LogP contribution in [0.1, 0.15) is 51.9 Å². The second-order valence-corrected chi connectivity index (χ2v) is 5.31. The van der Waals surface area contributed by atoms with E-state index in [9.17, 15) is 9.59 Å². The van der Waals surface area contributed by atoms with Gasteiger partial charge in [-0.15, -0.1) is 0 Å². The Morgan fingerprint density at radius 3 is 2.77 bits per heavy atom. The highest BCUT2D eigenvalue weighted by atomic mass is 16.5. The standard InChI is InChI=1S/C17H18N2O3/c1-2-22-17(21)16-15-13(9-6-10-14(15)20)19(18-16)11-12-7-4-3-5-8-12/h3-5,7-8H,2,6,9-11H2,1H3. The zero-order valence-corrected chi connectivity index (χ0v) is 12.5. The number of ether oxygens (including phenoxy) is 1. The van der Waals surface area contributed by atoms with Gasteiger partial charge in [0.25, 0.3) is 0 Å². The maximum Gasteiger partial charge on any atom is 0.359 e. The van der Waals surface area contributed by atoms with Gasteiger partial charge in [0.15, 0.2) is 11.5 Å². The number of hydrogen-bond acceptors (Lipinski definition) is 4. The van der Waals surface area contributed by atoms with E-state index in [1.165, 1.54) is 0 Å². The highest BCUT2D eigenvalue weighted by molar-refractivity contribution is 6.06. The van der Waals surface area contributed by atoms with Crippen molar-refractivity contribution in [2.24, 2.45) is 0 Å². The molecule has 5 heteroatoms. The van der Waals surface area contributed by atoms with Gasteiger partial charge in [-0.3, -0.25) is 9.48 Å². The zero-order chi connectivity index (χ0) is 15.5. The van der Waals surface area contributed by atoms with Crippen LogP contribution in [-0.4, -0.2) is 28.1 Å². The smallest absolute Gasteiger partial charge is 0.359 e. The number of aromatic nitrogens is 2. The van der Waals surface area contributed by atoms with E-state index in [1.807, 2.05) is 30.3 Å². The van der Waals surface area contributed by atoms with Gasteiger partial charge in [-0.1, -0.05) is 30.3 Å². The summed E-state index contributed by atoms with van der Waals surface area (Å²) in [6.07, 6.45) is 2.03. The molecule has 0 N–H and O–H groups in total. The fourth-order valence-corrected chi connectivity index (χ4v) is 2.81. The van der Waals surface area contributed by atoms with Crippen LogP contribution in [0.15, 0.2) is 30.3 Å². The Morgan fingerprint density at radius 2 is 2.05 bits per heavy atom. The number of carbonyl (C=O) groups excluding carboxylic acids is 2. The number of hydrogen-bond donors (Lipinski definition) is 0. The average Bonchev–Trinajstić information content (AvgIpc) is 2.89. The van der Waals surface area contributed by atoms with Crippen LogP contribution in [0, 0.1) is 0 Å². The maximum absolute atomic E-state index is 12.2. The molecule has 1 heterocycles. The van der Waals surface area contributed by atoms with Crippen molar-refractivity contribution in [2.75, 3.05) is 6.61 Å². The van der Waals surface area contributed by atoms with Gasteiger partial charge < -0.3 is 4.74 Å². The van der Waals surface area contributed by atoms with Gasteiger partial charge in [0, 0.05) is 6.42 Å². The molecule has 0 fully saturated rings. The lowest BCUT2D eigenvalue weighted by atomic mass is 9.94. The molecule has 1 aliphatic rings. The third kappa shape index (κ3) is 2.66. The first-order valence-corrected chi connectivity index (χ1v) is 7.54. The van der Waals surface area contributed by atoms with Gasteiger partial charge >= 0.3 is 5.97 Å². The number of rotatable bonds is 4. The molecule has 1 aromatic heterocycles. The van der Waals surface area contributed by atoms with E-state index >= 15 is 0 Å². The fraction of sp³-hybridized carbons (Fsp3) is 0.353. The Labute approximate surface area is 128 Å². The summed E-state index contributed by atoms with van der Waals surface area (Å²) in [5.41, 5.74) is 2.56. The molecule has 3 rings (SSSR count). The Hall–Kier alpha value is -2.43. The number of ketones is 1. The topological polar surface area (TPSA) is 61.2 Å². The van der Waals surface area contributed by atoms with E-state index in [0.717, 1.165) is 24.1 Å². The van der Waals surface area contributed by atoms with Gasteiger partial charge in [-0.05, 0) is 25.3 Å². The predicted molar refractivity (Wildman–Crippen MR) is 81.0 cm³/mol. The average molecular weight is 298 g/mol. The third-order valence-electron chi connectivity index (χ3n) is 3.80. The second kappa shape index (κ2) is 6.13. The van der Waals surface area contributed by atoms with E-state index in [2.05, 4.69) is 5.10 Å². The number of Topliss-reactive ketones (excluding diaryl/α,β-unsaturated/α-hetero) is 1. The largest absolute Gasteiger partial charge is 0.461 e. The summed E-state index contributed by atoms with van der Waals surface area (Å²) >= 11 is 0. The molecule has 5 nitrogen and oxygen atoms in total. The lowest BCUT2D eigenvalue weighted by molar-refractivity contribution is 0.0515. The Bertz CT molecular complexity index is 704. The molecule has 0 unspecified atom stereocenters. The summed E-state index contributed by atoms with van der Waals surface area (Å²) in [7, 11) is 0. The van der Waals surface area contributed by atoms with Gasteiger partial charge in [-0.2, -0.15) is 5.10 Å². The summed E-state index contributed by atoms with van der Waals surface area (Å²) in [4.78, 5) is 24.3. The highest BCUT2D eigenvalue weighted by Crippen LogP contribution is 2.25. The quantitative estimate of drug-likeness (QED) is 0.814. The van der Waals surface area contributed by atoms with Crippen molar-refractivity contribution in [3.05, 3.63) is 52.8 Å². The molecule has 2 aromatic rings. The molecular formula is C17H18N2O3. The van der Waals surface area contributed by atoms with Crippen molar-refractivity contribution in [1.82, 2.24) is 9.78 Å². The number of nitrogens with zero attached hydrogens (tertiary/aromatic N) is 2. The van der Waals surface area contributed by atoms with Crippen molar-refractivity contribution in [3.63, 3.8) is 0 Å². The molecule has 0 saturated carbocycles. The van der Waals surface area contributed by atoms with Crippen LogP contribution in [0.25, 0.3) is 0 Å². The van der Waals surface area contributed by atoms with Crippen LogP contribution in [0.2, 0.25) is 0 Å². The van der Waals surface area contributed by atoms with Crippen LogP contribution < -0.4 is 0 Å². The molecule has 0 bridgehead atoms. The minimum atomic E-state index is -0.513. The minimum absolute atomic E-state index is 0.0105. The van der Waals surface area contributed by atoms with Crippen molar-refractivity contribution < 1.29 is 14.3 Å². The maximum atomic E-state index is 12.2. The fourth-order valence-electron chi connectivity index (χ4n) is 2.81. The van der Waals surface area contributed by atoms with Crippen molar-refractivity contribution >= 4 is 11.8 Å². The summed E-state index contributed by atoms with van der Waals surface area (Å²) in [5.74, 6) is -0.524. The number of carbonyl (C=O) groups is 2. The molecule has 0 aliphatic heterocycles. The molecule has 0 radical (unpaired) electrons. The molecule has 0 spiro atoms. The molecular weight excluding hydrogens is 280 g/mol. The first kappa shape index (κ1) is 14.5. The van der Waals surface area contributed by atoms with E-state index < -0.39 is 5.97 Å². The molecule has 114 valence electrons. The molecule has 1 aromatic carbocycles. The summed E-state index contributed by atoms with van der Waals surface area (Å²) in [6, 6.07) is 9.88. The van der Waals surface area contributed by atoms with Crippen LogP contribution >= 0.6 is 0 Å². The molecule has 1 aliphatic carbocycles. The van der Waals surface area contributed by atoms with E-state index in [1.54, 1.807) is 11.6 Å².